The Kier molecular flexibility index (Phi) is 6.83. The highest BCUT2D eigenvalue weighted by Crippen LogP contribution is 2.36. The quantitative estimate of drug-likeness (QED) is 0.161. The van der Waals surface area contributed by atoms with Gasteiger partial charge < -0.3 is 20.5 Å². The minimum atomic E-state index is -0.304. The van der Waals surface area contributed by atoms with E-state index in [0.29, 0.717) is 17.9 Å². The van der Waals surface area contributed by atoms with Crippen molar-refractivity contribution in [2.24, 2.45) is 5.92 Å². The SMILES string of the molecule is CN(C)CCNc1cc(F)cc(-c2ccnc3[nH]c(-c4n[nH]c5ccc(-c6cncc(NC(=O)C7CC7)c6)cc45)cc23)c1. The summed E-state index contributed by atoms with van der Waals surface area (Å²) in [4.78, 5) is 26.7. The molecule has 0 radical (unpaired) electrons. The van der Waals surface area contributed by atoms with E-state index in [2.05, 4.69) is 46.7 Å². The molecule has 0 atom stereocenters. The van der Waals surface area contributed by atoms with Crippen molar-refractivity contribution in [1.29, 1.82) is 0 Å². The normalized spacial score (nSPS) is 13.2. The number of amides is 1. The Morgan fingerprint density at radius 2 is 1.84 bits per heavy atom. The summed E-state index contributed by atoms with van der Waals surface area (Å²) in [5.74, 6) is -0.136. The van der Waals surface area contributed by atoms with E-state index in [0.717, 1.165) is 75.0 Å². The lowest BCUT2D eigenvalue weighted by molar-refractivity contribution is -0.117. The molecule has 1 aliphatic carbocycles. The third-order valence-electron chi connectivity index (χ3n) is 7.73. The number of carbonyl (C=O) groups excluding carboxylic acids is 1. The van der Waals surface area contributed by atoms with E-state index < -0.39 is 0 Å². The summed E-state index contributed by atoms with van der Waals surface area (Å²) in [7, 11) is 4.01. The van der Waals surface area contributed by atoms with Gasteiger partial charge in [0.2, 0.25) is 5.91 Å². The maximum absolute atomic E-state index is 14.7. The monoisotopic (exact) mass is 574 g/mol. The second kappa shape index (κ2) is 11.0. The highest BCUT2D eigenvalue weighted by molar-refractivity contribution is 6.01. The fourth-order valence-electron chi connectivity index (χ4n) is 5.33. The molecule has 1 aliphatic rings. The van der Waals surface area contributed by atoms with Crippen LogP contribution in [0.3, 0.4) is 0 Å². The minimum Gasteiger partial charge on any atom is -0.384 e. The molecule has 9 nitrogen and oxygen atoms in total. The molecular weight excluding hydrogens is 543 g/mol. The highest BCUT2D eigenvalue weighted by atomic mass is 19.1. The first-order valence-corrected chi connectivity index (χ1v) is 14.3. The topological polar surface area (TPSA) is 115 Å². The van der Waals surface area contributed by atoms with Crippen LogP contribution in [0.5, 0.6) is 0 Å². The summed E-state index contributed by atoms with van der Waals surface area (Å²) in [6.45, 7) is 1.55. The Hall–Kier alpha value is -5.09. The largest absolute Gasteiger partial charge is 0.384 e. The molecule has 7 rings (SSSR count). The average molecular weight is 575 g/mol. The second-order valence-corrected chi connectivity index (χ2v) is 11.3. The summed E-state index contributed by atoms with van der Waals surface area (Å²) in [6.07, 6.45) is 7.07. The predicted octanol–water partition coefficient (Wildman–Crippen LogP) is 6.30. The Morgan fingerprint density at radius 3 is 2.67 bits per heavy atom. The van der Waals surface area contributed by atoms with Gasteiger partial charge in [0.25, 0.3) is 0 Å². The van der Waals surface area contributed by atoms with Gasteiger partial charge in [0.15, 0.2) is 0 Å². The number of pyridine rings is 2. The van der Waals surface area contributed by atoms with Gasteiger partial charge in [-0.2, -0.15) is 5.10 Å². The number of aromatic nitrogens is 5. The molecule has 0 unspecified atom stereocenters. The second-order valence-electron chi connectivity index (χ2n) is 11.3. The standard InChI is InChI=1S/C33H31FN8O/c1-42(2)10-9-36-24-12-21(11-23(34)15-24)26-7-8-37-32-27(26)16-30(39-32)31-28-14-20(5-6-29(28)40-41-31)22-13-25(18-35-17-22)38-33(43)19-3-4-19/h5-8,11-19,36H,3-4,9-10H2,1-2H3,(H,37,39)(H,38,43)(H,40,41). The van der Waals surface area contributed by atoms with Crippen LogP contribution >= 0.6 is 0 Å². The first-order chi connectivity index (χ1) is 20.9. The van der Waals surface area contributed by atoms with Crippen molar-refractivity contribution in [3.63, 3.8) is 0 Å². The van der Waals surface area contributed by atoms with Crippen LogP contribution in [0.15, 0.2) is 73.2 Å². The average Bonchev–Trinajstić information content (AvgIpc) is 3.62. The van der Waals surface area contributed by atoms with Gasteiger partial charge >= 0.3 is 0 Å². The maximum atomic E-state index is 14.7. The van der Waals surface area contributed by atoms with Crippen molar-refractivity contribution in [3.8, 4) is 33.6 Å². The molecule has 1 fully saturated rings. The summed E-state index contributed by atoms with van der Waals surface area (Å²) in [6, 6.07) is 16.9. The molecule has 2 aromatic carbocycles. The molecule has 0 aliphatic heterocycles. The van der Waals surface area contributed by atoms with Crippen LogP contribution in [0.2, 0.25) is 0 Å². The van der Waals surface area contributed by atoms with E-state index in [1.165, 1.54) is 6.07 Å². The van der Waals surface area contributed by atoms with E-state index in [-0.39, 0.29) is 17.6 Å². The number of aromatic amines is 2. The molecule has 0 saturated heterocycles. The number of benzene rings is 2. The number of fused-ring (bicyclic) bond motifs is 2. The number of likely N-dealkylation sites (N-methyl/N-ethyl adjacent to an activating group) is 1. The van der Waals surface area contributed by atoms with E-state index in [1.807, 2.05) is 50.5 Å². The molecule has 4 N–H and O–H groups in total. The molecule has 216 valence electrons. The number of hydrogen-bond acceptors (Lipinski definition) is 6. The van der Waals surface area contributed by atoms with Gasteiger partial charge in [0, 0.05) is 53.4 Å². The number of hydrogen-bond donors (Lipinski definition) is 4. The van der Waals surface area contributed by atoms with Crippen LogP contribution in [0.4, 0.5) is 15.8 Å². The van der Waals surface area contributed by atoms with E-state index in [4.69, 9.17) is 0 Å². The lowest BCUT2D eigenvalue weighted by Crippen LogP contribution is -2.20. The Labute approximate surface area is 247 Å². The molecule has 6 aromatic rings. The zero-order valence-corrected chi connectivity index (χ0v) is 23.9. The zero-order valence-electron chi connectivity index (χ0n) is 23.9. The van der Waals surface area contributed by atoms with Crippen LogP contribution in [-0.4, -0.2) is 63.1 Å². The van der Waals surface area contributed by atoms with Gasteiger partial charge in [-0.25, -0.2) is 9.37 Å². The molecule has 0 spiro atoms. The Balaban J connectivity index is 1.23. The molecule has 10 heteroatoms. The smallest absolute Gasteiger partial charge is 0.227 e. The first kappa shape index (κ1) is 26.8. The molecule has 1 saturated carbocycles. The zero-order chi connectivity index (χ0) is 29.5. The van der Waals surface area contributed by atoms with Crippen molar-refractivity contribution in [2.45, 2.75) is 12.8 Å². The number of carbonyl (C=O) groups is 1. The summed E-state index contributed by atoms with van der Waals surface area (Å²) < 4.78 is 14.7. The number of anilines is 2. The number of H-pyrrole nitrogens is 2. The molecule has 0 bridgehead atoms. The number of nitrogens with one attached hydrogen (secondary N) is 4. The van der Waals surface area contributed by atoms with Gasteiger partial charge in [-0.1, -0.05) is 6.07 Å². The van der Waals surface area contributed by atoms with E-state index in [1.54, 1.807) is 24.7 Å². The summed E-state index contributed by atoms with van der Waals surface area (Å²) in [5.41, 5.74) is 8.02. The fourth-order valence-corrected chi connectivity index (χ4v) is 5.33. The van der Waals surface area contributed by atoms with Gasteiger partial charge in [-0.15, -0.1) is 0 Å². The lowest BCUT2D eigenvalue weighted by atomic mass is 10.0. The third-order valence-corrected chi connectivity index (χ3v) is 7.73. The van der Waals surface area contributed by atoms with Crippen molar-refractivity contribution >= 4 is 39.2 Å². The van der Waals surface area contributed by atoms with Crippen molar-refractivity contribution in [1.82, 2.24) is 30.0 Å². The Bertz CT molecular complexity index is 1970. The van der Waals surface area contributed by atoms with E-state index in [9.17, 15) is 9.18 Å². The molecular formula is C33H31FN8O. The fraction of sp³-hybridized carbons (Fsp3) is 0.212. The first-order valence-electron chi connectivity index (χ1n) is 14.3. The lowest BCUT2D eigenvalue weighted by Gasteiger charge is -2.13. The highest BCUT2D eigenvalue weighted by Gasteiger charge is 2.29. The Morgan fingerprint density at radius 1 is 0.977 bits per heavy atom. The molecule has 43 heavy (non-hydrogen) atoms. The van der Waals surface area contributed by atoms with Gasteiger partial charge in [0.05, 0.1) is 23.1 Å². The molecule has 4 aromatic heterocycles. The molecule has 1 amide bonds. The number of nitrogens with zero attached hydrogens (tertiary/aromatic N) is 4. The predicted molar refractivity (Wildman–Crippen MR) is 168 cm³/mol. The van der Waals surface area contributed by atoms with Crippen molar-refractivity contribution < 1.29 is 9.18 Å². The van der Waals surface area contributed by atoms with Crippen molar-refractivity contribution in [2.75, 3.05) is 37.8 Å². The van der Waals surface area contributed by atoms with E-state index >= 15 is 0 Å². The number of rotatable bonds is 9. The minimum absolute atomic E-state index is 0.0494. The maximum Gasteiger partial charge on any atom is 0.227 e. The van der Waals surface area contributed by atoms with Gasteiger partial charge in [0.1, 0.15) is 17.2 Å². The van der Waals surface area contributed by atoms with Crippen LogP contribution in [-0.2, 0) is 4.79 Å². The van der Waals surface area contributed by atoms with Gasteiger partial charge in [-0.05, 0) is 92.2 Å². The van der Waals surface area contributed by atoms with Crippen LogP contribution < -0.4 is 10.6 Å². The summed E-state index contributed by atoms with van der Waals surface area (Å²) in [5, 5.41) is 15.9. The van der Waals surface area contributed by atoms with Crippen LogP contribution in [0.25, 0.3) is 55.6 Å². The van der Waals surface area contributed by atoms with Gasteiger partial charge in [-0.3, -0.25) is 14.9 Å². The van der Waals surface area contributed by atoms with Crippen LogP contribution in [0, 0.1) is 11.7 Å². The molecule has 4 heterocycles. The van der Waals surface area contributed by atoms with Crippen LogP contribution in [0.1, 0.15) is 12.8 Å². The third kappa shape index (κ3) is 5.56. The number of halogens is 1. The van der Waals surface area contributed by atoms with Crippen molar-refractivity contribution in [3.05, 3.63) is 79.0 Å². The summed E-state index contributed by atoms with van der Waals surface area (Å²) >= 11 is 0.